The van der Waals surface area contributed by atoms with Crippen LogP contribution in [0.5, 0.6) is 0 Å². The Bertz CT molecular complexity index is 1200. The monoisotopic (exact) mass is 528 g/mol. The number of amides is 3. The first-order valence-corrected chi connectivity index (χ1v) is 12.7. The van der Waals surface area contributed by atoms with Crippen molar-refractivity contribution >= 4 is 29.5 Å². The van der Waals surface area contributed by atoms with Crippen LogP contribution in [-0.2, 0) is 9.53 Å². The quantitative estimate of drug-likeness (QED) is 0.552. The summed E-state index contributed by atoms with van der Waals surface area (Å²) in [5, 5.41) is 3.29. The van der Waals surface area contributed by atoms with Gasteiger partial charge in [0, 0.05) is 45.0 Å². The number of hydrogen-bond donors (Lipinski definition) is 1. The topological polar surface area (TPSA) is 82.2 Å². The standard InChI is InChI=1S/C27H30ClFN4O4/c1-3-33-22(17-31-13-15-32(16-14-31)25(34)20-7-5-6-8-21(20)28)23(26(35)37-4-2)24(30-27(33)36)18-9-11-19(29)12-10-18/h5-12,24H,3-4,13-17H2,1-2H3,(H,30,36). The fourth-order valence-electron chi connectivity index (χ4n) is 4.69. The molecule has 1 atom stereocenters. The number of benzene rings is 2. The lowest BCUT2D eigenvalue weighted by molar-refractivity contribution is -0.139. The minimum Gasteiger partial charge on any atom is -0.463 e. The molecule has 0 aliphatic carbocycles. The summed E-state index contributed by atoms with van der Waals surface area (Å²) in [6.07, 6.45) is 0. The molecule has 2 aromatic rings. The first-order chi connectivity index (χ1) is 17.8. The summed E-state index contributed by atoms with van der Waals surface area (Å²) in [6.45, 7) is 6.46. The predicted octanol–water partition coefficient (Wildman–Crippen LogP) is 3.84. The van der Waals surface area contributed by atoms with Crippen LogP contribution >= 0.6 is 11.6 Å². The van der Waals surface area contributed by atoms with Crippen molar-refractivity contribution in [1.29, 1.82) is 0 Å². The van der Waals surface area contributed by atoms with Gasteiger partial charge in [-0.2, -0.15) is 0 Å². The lowest BCUT2D eigenvalue weighted by Gasteiger charge is -2.40. The number of rotatable bonds is 7. The smallest absolute Gasteiger partial charge is 0.338 e. The van der Waals surface area contributed by atoms with E-state index in [0.29, 0.717) is 66.7 Å². The van der Waals surface area contributed by atoms with E-state index in [-0.39, 0.29) is 18.5 Å². The van der Waals surface area contributed by atoms with Gasteiger partial charge in [0.15, 0.2) is 0 Å². The third kappa shape index (κ3) is 5.78. The van der Waals surface area contributed by atoms with Crippen LogP contribution in [0.15, 0.2) is 59.8 Å². The highest BCUT2D eigenvalue weighted by Crippen LogP contribution is 2.32. The van der Waals surface area contributed by atoms with E-state index in [9.17, 15) is 18.8 Å². The molecule has 2 heterocycles. The number of likely N-dealkylation sites (N-methyl/N-ethyl adjacent to an activating group) is 1. The first-order valence-electron chi connectivity index (χ1n) is 12.3. The summed E-state index contributed by atoms with van der Waals surface area (Å²) in [4.78, 5) is 44.6. The number of urea groups is 1. The van der Waals surface area contributed by atoms with Gasteiger partial charge in [-0.05, 0) is 43.7 Å². The van der Waals surface area contributed by atoms with Crippen molar-refractivity contribution in [3.8, 4) is 0 Å². The highest BCUT2D eigenvalue weighted by atomic mass is 35.5. The molecule has 8 nitrogen and oxygen atoms in total. The van der Waals surface area contributed by atoms with Gasteiger partial charge >= 0.3 is 12.0 Å². The Morgan fingerprint density at radius 3 is 2.35 bits per heavy atom. The number of piperazine rings is 1. The number of halogens is 2. The molecular formula is C27H30ClFN4O4. The molecule has 1 saturated heterocycles. The SMILES string of the molecule is CCOC(=O)C1=C(CN2CCN(C(=O)c3ccccc3Cl)CC2)N(CC)C(=O)NC1c1ccc(F)cc1. The molecule has 0 saturated carbocycles. The maximum absolute atomic E-state index is 13.6. The van der Waals surface area contributed by atoms with E-state index in [1.165, 1.54) is 17.0 Å². The summed E-state index contributed by atoms with van der Waals surface area (Å²) in [5.74, 6) is -1.06. The minimum absolute atomic E-state index is 0.125. The Morgan fingerprint density at radius 2 is 1.73 bits per heavy atom. The summed E-state index contributed by atoms with van der Waals surface area (Å²) in [7, 11) is 0. The molecule has 0 aromatic heterocycles. The first kappa shape index (κ1) is 26.6. The van der Waals surface area contributed by atoms with Crippen molar-refractivity contribution in [3.05, 3.63) is 81.8 Å². The van der Waals surface area contributed by atoms with E-state index < -0.39 is 17.8 Å². The molecule has 1 fully saturated rings. The van der Waals surface area contributed by atoms with Crippen molar-refractivity contribution in [3.63, 3.8) is 0 Å². The van der Waals surface area contributed by atoms with Gasteiger partial charge in [-0.3, -0.25) is 14.6 Å². The Balaban J connectivity index is 1.59. The van der Waals surface area contributed by atoms with Crippen LogP contribution in [0.25, 0.3) is 0 Å². The number of nitrogens with one attached hydrogen (secondary N) is 1. The molecule has 2 aromatic carbocycles. The number of carbonyl (C=O) groups is 3. The van der Waals surface area contributed by atoms with Gasteiger partial charge in [-0.15, -0.1) is 0 Å². The van der Waals surface area contributed by atoms with E-state index >= 15 is 0 Å². The molecule has 3 amide bonds. The van der Waals surface area contributed by atoms with Gasteiger partial charge < -0.3 is 15.0 Å². The average Bonchev–Trinajstić information content (AvgIpc) is 2.89. The molecule has 4 rings (SSSR count). The molecule has 196 valence electrons. The van der Waals surface area contributed by atoms with Gasteiger partial charge in [0.05, 0.1) is 28.8 Å². The zero-order valence-corrected chi connectivity index (χ0v) is 21.6. The van der Waals surface area contributed by atoms with Crippen LogP contribution in [0, 0.1) is 5.82 Å². The van der Waals surface area contributed by atoms with Gasteiger partial charge in [0.2, 0.25) is 0 Å². The van der Waals surface area contributed by atoms with Crippen LogP contribution in [0.3, 0.4) is 0 Å². The summed E-state index contributed by atoms with van der Waals surface area (Å²) in [6, 6.07) is 11.6. The summed E-state index contributed by atoms with van der Waals surface area (Å²) in [5.41, 5.74) is 1.92. The van der Waals surface area contributed by atoms with Gasteiger partial charge in [0.25, 0.3) is 5.91 Å². The molecule has 37 heavy (non-hydrogen) atoms. The third-order valence-corrected chi connectivity index (χ3v) is 6.92. The molecule has 2 aliphatic rings. The summed E-state index contributed by atoms with van der Waals surface area (Å²) >= 11 is 6.21. The van der Waals surface area contributed by atoms with Crippen molar-refractivity contribution < 1.29 is 23.5 Å². The fraction of sp³-hybridized carbons (Fsp3) is 0.370. The lowest BCUT2D eigenvalue weighted by atomic mass is 9.94. The van der Waals surface area contributed by atoms with Crippen molar-refractivity contribution in [1.82, 2.24) is 20.0 Å². The number of esters is 1. The van der Waals surface area contributed by atoms with Crippen molar-refractivity contribution in [2.24, 2.45) is 0 Å². The number of carbonyl (C=O) groups excluding carboxylic acids is 3. The second-order valence-electron chi connectivity index (χ2n) is 8.81. The maximum atomic E-state index is 13.6. The Morgan fingerprint density at radius 1 is 1.05 bits per heavy atom. The van der Waals surface area contributed by atoms with Gasteiger partial charge in [-0.1, -0.05) is 35.9 Å². The van der Waals surface area contributed by atoms with Gasteiger partial charge in [-0.25, -0.2) is 14.0 Å². The largest absolute Gasteiger partial charge is 0.463 e. The van der Waals surface area contributed by atoms with E-state index in [4.69, 9.17) is 16.3 Å². The number of ether oxygens (including phenoxy) is 1. The van der Waals surface area contributed by atoms with Gasteiger partial charge in [0.1, 0.15) is 5.82 Å². The molecule has 0 spiro atoms. The van der Waals surface area contributed by atoms with Crippen LogP contribution in [0.1, 0.15) is 35.8 Å². The van der Waals surface area contributed by atoms with E-state index in [0.717, 1.165) is 0 Å². The van der Waals surface area contributed by atoms with Crippen LogP contribution < -0.4 is 5.32 Å². The normalized spacial score (nSPS) is 18.6. The van der Waals surface area contributed by atoms with Crippen molar-refractivity contribution in [2.45, 2.75) is 19.9 Å². The zero-order chi connectivity index (χ0) is 26.5. The van der Waals surface area contributed by atoms with E-state index in [2.05, 4.69) is 10.2 Å². The molecule has 10 heteroatoms. The molecule has 0 radical (unpaired) electrons. The predicted molar refractivity (Wildman–Crippen MR) is 138 cm³/mol. The van der Waals surface area contributed by atoms with Crippen molar-refractivity contribution in [2.75, 3.05) is 45.9 Å². The Labute approximate surface area is 220 Å². The molecule has 1 N–H and O–H groups in total. The molecular weight excluding hydrogens is 499 g/mol. The maximum Gasteiger partial charge on any atom is 0.338 e. The van der Waals surface area contributed by atoms with Crippen LogP contribution in [0.2, 0.25) is 5.02 Å². The molecule has 0 bridgehead atoms. The third-order valence-electron chi connectivity index (χ3n) is 6.59. The molecule has 1 unspecified atom stereocenters. The number of hydrogen-bond acceptors (Lipinski definition) is 5. The highest BCUT2D eigenvalue weighted by Gasteiger charge is 2.38. The zero-order valence-electron chi connectivity index (χ0n) is 20.9. The molecule has 2 aliphatic heterocycles. The second-order valence-corrected chi connectivity index (χ2v) is 9.21. The van der Waals surface area contributed by atoms with Crippen LogP contribution in [0.4, 0.5) is 9.18 Å². The van der Waals surface area contributed by atoms with Crippen LogP contribution in [-0.4, -0.2) is 78.5 Å². The number of nitrogens with zero attached hydrogens (tertiary/aromatic N) is 3. The Hall–Kier alpha value is -3.43. The van der Waals surface area contributed by atoms with E-state index in [1.807, 2.05) is 6.92 Å². The minimum atomic E-state index is -0.770. The second kappa shape index (κ2) is 11.7. The highest BCUT2D eigenvalue weighted by molar-refractivity contribution is 6.33. The summed E-state index contributed by atoms with van der Waals surface area (Å²) < 4.78 is 19.0. The fourth-order valence-corrected chi connectivity index (χ4v) is 4.91. The average molecular weight is 529 g/mol. The van der Waals surface area contributed by atoms with E-state index in [1.54, 1.807) is 48.2 Å². The Kier molecular flexibility index (Phi) is 8.45. The lowest BCUT2D eigenvalue weighted by Crippen LogP contribution is -2.53.